The van der Waals surface area contributed by atoms with Crippen molar-refractivity contribution in [3.05, 3.63) is 29.8 Å². The summed E-state index contributed by atoms with van der Waals surface area (Å²) in [6, 6.07) is 7.14. The van der Waals surface area contributed by atoms with Crippen molar-refractivity contribution in [2.24, 2.45) is 5.92 Å². The van der Waals surface area contributed by atoms with Crippen LogP contribution in [0, 0.1) is 5.92 Å². The minimum atomic E-state index is -0.0806. The number of carbonyl (C=O) groups excluding carboxylic acids is 1. The summed E-state index contributed by atoms with van der Waals surface area (Å²) < 4.78 is 5.05. The molecule has 2 rings (SSSR count). The molecule has 4 heteroatoms. The second kappa shape index (κ2) is 5.87. The van der Waals surface area contributed by atoms with Crippen LogP contribution >= 0.6 is 0 Å². The van der Waals surface area contributed by atoms with Gasteiger partial charge in [-0.15, -0.1) is 0 Å². The molecule has 1 fully saturated rings. The fourth-order valence-electron chi connectivity index (χ4n) is 2.06. The van der Waals surface area contributed by atoms with E-state index in [1.807, 2.05) is 0 Å². The molecule has 1 saturated carbocycles. The molecule has 0 heterocycles. The third-order valence-corrected chi connectivity index (χ3v) is 3.30. The van der Waals surface area contributed by atoms with Gasteiger partial charge in [0.25, 0.3) is 5.91 Å². The molecule has 1 aliphatic carbocycles. The molecule has 2 N–H and O–H groups in total. The highest BCUT2D eigenvalue weighted by atomic mass is 16.5. The standard InChI is InChI=1S/C14H19NO3/c1-18-12-6-4-11(5-7-12)14(17)15-13(8-9-16)10-2-3-10/h4-7,10,13,16H,2-3,8-9H2,1H3,(H,15,17). The Kier molecular flexibility index (Phi) is 4.20. The lowest BCUT2D eigenvalue weighted by molar-refractivity contribution is 0.0924. The van der Waals surface area contributed by atoms with Gasteiger partial charge in [0.05, 0.1) is 7.11 Å². The van der Waals surface area contributed by atoms with E-state index in [0.29, 0.717) is 17.9 Å². The Hall–Kier alpha value is -1.55. The van der Waals surface area contributed by atoms with Crippen molar-refractivity contribution in [1.82, 2.24) is 5.32 Å². The number of hydrogen-bond acceptors (Lipinski definition) is 3. The van der Waals surface area contributed by atoms with Gasteiger partial charge in [-0.25, -0.2) is 0 Å². The first-order valence-corrected chi connectivity index (χ1v) is 6.30. The van der Waals surface area contributed by atoms with Gasteiger partial charge >= 0.3 is 0 Å². The van der Waals surface area contributed by atoms with Gasteiger partial charge in [0, 0.05) is 18.2 Å². The fourth-order valence-corrected chi connectivity index (χ4v) is 2.06. The summed E-state index contributed by atoms with van der Waals surface area (Å²) in [6.07, 6.45) is 2.92. The fraction of sp³-hybridized carbons (Fsp3) is 0.500. The molecule has 1 amide bonds. The normalized spacial score (nSPS) is 16.1. The maximum Gasteiger partial charge on any atom is 0.251 e. The molecule has 0 radical (unpaired) electrons. The van der Waals surface area contributed by atoms with Crippen LogP contribution < -0.4 is 10.1 Å². The van der Waals surface area contributed by atoms with Gasteiger partial charge in [-0.2, -0.15) is 0 Å². The highest BCUT2D eigenvalue weighted by molar-refractivity contribution is 5.94. The molecule has 1 aromatic carbocycles. The summed E-state index contributed by atoms with van der Waals surface area (Å²) in [7, 11) is 1.60. The Morgan fingerprint density at radius 3 is 2.61 bits per heavy atom. The molecule has 1 aliphatic rings. The van der Waals surface area contributed by atoms with Crippen molar-refractivity contribution >= 4 is 5.91 Å². The number of nitrogens with one attached hydrogen (secondary N) is 1. The number of ether oxygens (including phenoxy) is 1. The largest absolute Gasteiger partial charge is 0.497 e. The molecule has 1 unspecified atom stereocenters. The van der Waals surface area contributed by atoms with E-state index in [4.69, 9.17) is 9.84 Å². The van der Waals surface area contributed by atoms with Crippen LogP contribution in [0.15, 0.2) is 24.3 Å². The topological polar surface area (TPSA) is 58.6 Å². The molecule has 1 atom stereocenters. The lowest BCUT2D eigenvalue weighted by Crippen LogP contribution is -2.37. The predicted molar refractivity (Wildman–Crippen MR) is 68.7 cm³/mol. The summed E-state index contributed by atoms with van der Waals surface area (Å²) in [4.78, 5) is 12.0. The first-order valence-electron chi connectivity index (χ1n) is 6.30. The molecule has 0 aromatic heterocycles. The number of rotatable bonds is 6. The number of aliphatic hydroxyl groups is 1. The van der Waals surface area contributed by atoms with E-state index >= 15 is 0 Å². The molecule has 0 aliphatic heterocycles. The van der Waals surface area contributed by atoms with Crippen LogP contribution in [0.4, 0.5) is 0 Å². The zero-order valence-electron chi connectivity index (χ0n) is 10.6. The molecule has 98 valence electrons. The average molecular weight is 249 g/mol. The molecular weight excluding hydrogens is 230 g/mol. The second-order valence-electron chi connectivity index (χ2n) is 4.66. The van der Waals surface area contributed by atoms with Crippen LogP contribution in [-0.2, 0) is 0 Å². The minimum Gasteiger partial charge on any atom is -0.497 e. The first kappa shape index (κ1) is 12.9. The molecular formula is C14H19NO3. The third kappa shape index (κ3) is 3.23. The number of hydrogen-bond donors (Lipinski definition) is 2. The average Bonchev–Trinajstić information content (AvgIpc) is 3.22. The quantitative estimate of drug-likeness (QED) is 0.805. The van der Waals surface area contributed by atoms with Gasteiger partial charge in [0.1, 0.15) is 5.75 Å². The molecule has 0 bridgehead atoms. The maximum atomic E-state index is 12.0. The highest BCUT2D eigenvalue weighted by Crippen LogP contribution is 2.34. The van der Waals surface area contributed by atoms with Gasteiger partial charge in [0.2, 0.25) is 0 Å². The van der Waals surface area contributed by atoms with Crippen LogP contribution in [-0.4, -0.2) is 30.8 Å². The van der Waals surface area contributed by atoms with E-state index in [1.54, 1.807) is 31.4 Å². The third-order valence-electron chi connectivity index (χ3n) is 3.30. The van der Waals surface area contributed by atoms with Crippen LogP contribution in [0.5, 0.6) is 5.75 Å². The van der Waals surface area contributed by atoms with Crippen molar-refractivity contribution in [1.29, 1.82) is 0 Å². The lowest BCUT2D eigenvalue weighted by atomic mass is 10.1. The molecule has 0 saturated heterocycles. The van der Waals surface area contributed by atoms with Gasteiger partial charge < -0.3 is 15.2 Å². The Bertz CT molecular complexity index is 398. The zero-order valence-corrected chi connectivity index (χ0v) is 10.6. The molecule has 1 aromatic rings. The number of methoxy groups -OCH3 is 1. The van der Waals surface area contributed by atoms with Crippen LogP contribution in [0.1, 0.15) is 29.6 Å². The smallest absolute Gasteiger partial charge is 0.251 e. The minimum absolute atomic E-state index is 0.0806. The Morgan fingerprint density at radius 1 is 1.44 bits per heavy atom. The summed E-state index contributed by atoms with van der Waals surface area (Å²) in [5.74, 6) is 1.20. The molecule has 0 spiro atoms. The second-order valence-corrected chi connectivity index (χ2v) is 4.66. The van der Waals surface area contributed by atoms with E-state index < -0.39 is 0 Å². The number of amides is 1. The van der Waals surface area contributed by atoms with E-state index in [1.165, 1.54) is 0 Å². The van der Waals surface area contributed by atoms with E-state index in [9.17, 15) is 4.79 Å². The number of aliphatic hydroxyl groups excluding tert-OH is 1. The summed E-state index contributed by atoms with van der Waals surface area (Å²) in [5, 5.41) is 12.0. The summed E-state index contributed by atoms with van der Waals surface area (Å²) in [5.41, 5.74) is 0.624. The number of carbonyl (C=O) groups is 1. The Labute approximate surface area is 107 Å². The van der Waals surface area contributed by atoms with Gasteiger partial charge in [-0.1, -0.05) is 0 Å². The van der Waals surface area contributed by atoms with Gasteiger partial charge in [0.15, 0.2) is 0 Å². The first-order chi connectivity index (χ1) is 8.74. The van der Waals surface area contributed by atoms with Crippen LogP contribution in [0.25, 0.3) is 0 Å². The van der Waals surface area contributed by atoms with E-state index in [-0.39, 0.29) is 18.6 Å². The van der Waals surface area contributed by atoms with E-state index in [2.05, 4.69) is 5.32 Å². The van der Waals surface area contributed by atoms with Gasteiger partial charge in [-0.3, -0.25) is 4.79 Å². The lowest BCUT2D eigenvalue weighted by Gasteiger charge is -2.17. The monoisotopic (exact) mass is 249 g/mol. The predicted octanol–water partition coefficient (Wildman–Crippen LogP) is 1.59. The van der Waals surface area contributed by atoms with Crippen molar-refractivity contribution in [2.45, 2.75) is 25.3 Å². The van der Waals surface area contributed by atoms with Crippen LogP contribution in [0.3, 0.4) is 0 Å². The summed E-state index contributed by atoms with van der Waals surface area (Å²) >= 11 is 0. The Morgan fingerprint density at radius 2 is 2.11 bits per heavy atom. The molecule has 4 nitrogen and oxygen atoms in total. The van der Waals surface area contributed by atoms with Crippen molar-refractivity contribution in [3.63, 3.8) is 0 Å². The van der Waals surface area contributed by atoms with Crippen molar-refractivity contribution in [2.75, 3.05) is 13.7 Å². The van der Waals surface area contributed by atoms with Crippen molar-refractivity contribution in [3.8, 4) is 5.75 Å². The van der Waals surface area contributed by atoms with Crippen LogP contribution in [0.2, 0.25) is 0 Å². The molecule has 18 heavy (non-hydrogen) atoms. The number of benzene rings is 1. The zero-order chi connectivity index (χ0) is 13.0. The van der Waals surface area contributed by atoms with Crippen molar-refractivity contribution < 1.29 is 14.6 Å². The summed E-state index contributed by atoms with van der Waals surface area (Å²) in [6.45, 7) is 0.115. The highest BCUT2D eigenvalue weighted by Gasteiger charge is 2.31. The van der Waals surface area contributed by atoms with E-state index in [0.717, 1.165) is 18.6 Å². The SMILES string of the molecule is COc1ccc(C(=O)NC(CCO)C2CC2)cc1. The van der Waals surface area contributed by atoms with Gasteiger partial charge in [-0.05, 0) is 49.4 Å². The maximum absolute atomic E-state index is 12.0. The Balaban J connectivity index is 1.96.